The molecule has 4 amide bonds. The Morgan fingerprint density at radius 3 is 2.32 bits per heavy atom. The fourth-order valence-electron chi connectivity index (χ4n) is 3.78. The molecule has 136 valence electrons. The number of carbonyl (C=O) groups excluding carboxylic acids is 2. The molecule has 2 aliphatic heterocycles. The third kappa shape index (κ3) is 2.71. The van der Waals surface area contributed by atoms with Crippen molar-refractivity contribution in [2.24, 2.45) is 5.92 Å². The van der Waals surface area contributed by atoms with E-state index in [-0.39, 0.29) is 36.2 Å². The molecule has 1 aromatic carbocycles. The zero-order valence-corrected chi connectivity index (χ0v) is 15.1. The quantitative estimate of drug-likeness (QED) is 0.865. The van der Waals surface area contributed by atoms with E-state index in [1.165, 1.54) is 0 Å². The number of rotatable bonds is 3. The van der Waals surface area contributed by atoms with Crippen LogP contribution in [0.15, 0.2) is 18.2 Å². The van der Waals surface area contributed by atoms with Crippen LogP contribution in [-0.4, -0.2) is 62.4 Å². The van der Waals surface area contributed by atoms with E-state index in [9.17, 15) is 9.59 Å². The fraction of sp³-hybridized carbons (Fsp3) is 0.529. The van der Waals surface area contributed by atoms with Crippen LogP contribution in [0.4, 0.5) is 9.59 Å². The highest BCUT2D eigenvalue weighted by molar-refractivity contribution is 5.80. The second-order valence-electron chi connectivity index (χ2n) is 6.48. The number of urea groups is 2. The molecule has 2 fully saturated rings. The van der Waals surface area contributed by atoms with Gasteiger partial charge in [0.1, 0.15) is 17.7 Å². The van der Waals surface area contributed by atoms with Gasteiger partial charge in [-0.1, -0.05) is 0 Å². The van der Waals surface area contributed by atoms with E-state index in [0.29, 0.717) is 11.5 Å². The Morgan fingerprint density at radius 2 is 1.68 bits per heavy atom. The van der Waals surface area contributed by atoms with Gasteiger partial charge in [0, 0.05) is 37.7 Å². The molecule has 3 rings (SSSR count). The number of ether oxygens (including phenoxy) is 2. The molecule has 8 nitrogen and oxygen atoms in total. The predicted molar refractivity (Wildman–Crippen MR) is 91.6 cm³/mol. The summed E-state index contributed by atoms with van der Waals surface area (Å²) < 4.78 is 10.8. The predicted octanol–water partition coefficient (Wildman–Crippen LogP) is 1.39. The first-order valence-electron chi connectivity index (χ1n) is 8.17. The van der Waals surface area contributed by atoms with Gasteiger partial charge < -0.3 is 29.9 Å². The molecule has 1 aromatic rings. The minimum atomic E-state index is -0.385. The Labute approximate surface area is 147 Å². The van der Waals surface area contributed by atoms with Crippen LogP contribution >= 0.6 is 0 Å². The molecule has 2 saturated heterocycles. The van der Waals surface area contributed by atoms with Crippen LogP contribution in [0.3, 0.4) is 0 Å². The van der Waals surface area contributed by atoms with E-state index >= 15 is 0 Å². The maximum atomic E-state index is 12.5. The molecular weight excluding hydrogens is 324 g/mol. The zero-order valence-electron chi connectivity index (χ0n) is 15.1. The Balaban J connectivity index is 2.09. The molecule has 0 bridgehead atoms. The molecule has 8 heteroatoms. The molecule has 0 saturated carbocycles. The van der Waals surface area contributed by atoms with Gasteiger partial charge in [-0.25, -0.2) is 9.59 Å². The van der Waals surface area contributed by atoms with Gasteiger partial charge in [-0.3, -0.25) is 0 Å². The summed E-state index contributed by atoms with van der Waals surface area (Å²) in [7, 11) is 6.63. The Bertz CT molecular complexity index is 695. The number of benzene rings is 1. The molecule has 2 N–H and O–H groups in total. The van der Waals surface area contributed by atoms with Crippen LogP contribution in [0.25, 0.3) is 0 Å². The second-order valence-corrected chi connectivity index (χ2v) is 6.48. The summed E-state index contributed by atoms with van der Waals surface area (Å²) in [6.07, 6.45) is -0.385. The Kier molecular flexibility index (Phi) is 4.36. The number of carbonyl (C=O) groups is 2. The number of hydrogen-bond acceptors (Lipinski definition) is 4. The number of nitrogens with one attached hydrogen (secondary N) is 2. The molecule has 0 aliphatic carbocycles. The average molecular weight is 348 g/mol. The Hall–Kier alpha value is -2.64. The summed E-state index contributed by atoms with van der Waals surface area (Å²) >= 11 is 0. The van der Waals surface area contributed by atoms with Crippen molar-refractivity contribution in [2.45, 2.75) is 25.2 Å². The van der Waals surface area contributed by atoms with Crippen molar-refractivity contribution in [3.05, 3.63) is 23.8 Å². The van der Waals surface area contributed by atoms with Gasteiger partial charge in [0.05, 0.1) is 20.3 Å². The summed E-state index contributed by atoms with van der Waals surface area (Å²) in [6.45, 7) is 1.96. The number of methoxy groups -OCH3 is 2. The number of amides is 4. The molecule has 2 heterocycles. The molecule has 2 aliphatic rings. The van der Waals surface area contributed by atoms with Crippen molar-refractivity contribution in [3.63, 3.8) is 0 Å². The van der Waals surface area contributed by atoms with Crippen molar-refractivity contribution in [2.75, 3.05) is 28.3 Å². The van der Waals surface area contributed by atoms with E-state index in [1.807, 2.05) is 19.1 Å². The number of hydrogen-bond donors (Lipinski definition) is 2. The average Bonchev–Trinajstić information content (AvgIpc) is 2.61. The summed E-state index contributed by atoms with van der Waals surface area (Å²) in [5.74, 6) is 1.28. The highest BCUT2D eigenvalue weighted by atomic mass is 16.5. The molecule has 0 unspecified atom stereocenters. The maximum absolute atomic E-state index is 12.5. The van der Waals surface area contributed by atoms with Crippen molar-refractivity contribution in [1.82, 2.24) is 20.4 Å². The van der Waals surface area contributed by atoms with Gasteiger partial charge in [-0.15, -0.1) is 0 Å². The van der Waals surface area contributed by atoms with Gasteiger partial charge in [-0.05, 0) is 19.1 Å². The van der Waals surface area contributed by atoms with Crippen molar-refractivity contribution in [1.29, 1.82) is 0 Å². The first-order valence-corrected chi connectivity index (χ1v) is 8.17. The SMILES string of the molecule is COc1ccc([C@@H]2[C@@H]3[C@H](C)NC(=O)N(C)[C@H]3NC(=O)N2C)c(OC)c1. The first-order chi connectivity index (χ1) is 11.9. The van der Waals surface area contributed by atoms with Crippen molar-refractivity contribution >= 4 is 12.1 Å². The lowest BCUT2D eigenvalue weighted by molar-refractivity contribution is 0.0241. The van der Waals surface area contributed by atoms with Crippen molar-refractivity contribution < 1.29 is 19.1 Å². The minimum absolute atomic E-state index is 0.0484. The molecule has 0 aromatic heterocycles. The molecule has 25 heavy (non-hydrogen) atoms. The van der Waals surface area contributed by atoms with Gasteiger partial charge in [-0.2, -0.15) is 0 Å². The van der Waals surface area contributed by atoms with E-state index in [4.69, 9.17) is 9.47 Å². The Morgan fingerprint density at radius 1 is 1.00 bits per heavy atom. The normalized spacial score (nSPS) is 28.8. The van der Waals surface area contributed by atoms with Gasteiger partial charge in [0.15, 0.2) is 0 Å². The van der Waals surface area contributed by atoms with Crippen LogP contribution in [0.5, 0.6) is 11.5 Å². The summed E-state index contributed by atoms with van der Waals surface area (Å²) in [5.41, 5.74) is 0.882. The number of fused-ring (bicyclic) bond motifs is 1. The van der Waals surface area contributed by atoms with E-state index < -0.39 is 0 Å². The topological polar surface area (TPSA) is 83.1 Å². The lowest BCUT2D eigenvalue weighted by atomic mass is 9.81. The van der Waals surface area contributed by atoms with E-state index in [1.54, 1.807) is 44.2 Å². The van der Waals surface area contributed by atoms with E-state index in [0.717, 1.165) is 5.56 Å². The fourth-order valence-corrected chi connectivity index (χ4v) is 3.78. The van der Waals surface area contributed by atoms with Crippen LogP contribution in [0, 0.1) is 5.92 Å². The van der Waals surface area contributed by atoms with Crippen LogP contribution in [0.2, 0.25) is 0 Å². The van der Waals surface area contributed by atoms with Gasteiger partial charge >= 0.3 is 12.1 Å². The van der Waals surface area contributed by atoms with Gasteiger partial charge in [0.2, 0.25) is 0 Å². The first kappa shape index (κ1) is 17.2. The lowest BCUT2D eigenvalue weighted by Crippen LogP contribution is -2.71. The van der Waals surface area contributed by atoms with Crippen LogP contribution in [0.1, 0.15) is 18.5 Å². The largest absolute Gasteiger partial charge is 0.497 e. The standard InChI is InChI=1S/C17H24N4O4/c1-9-13-14(11-7-6-10(24-4)8-12(11)25-5)20(2)17(23)19-15(13)21(3)16(22)18-9/h6-9,13-15H,1-5H3,(H,18,22)(H,19,23)/t9-,13-,14+,15+/m0/s1. The van der Waals surface area contributed by atoms with Crippen LogP contribution in [-0.2, 0) is 0 Å². The maximum Gasteiger partial charge on any atom is 0.319 e. The molecular formula is C17H24N4O4. The summed E-state index contributed by atoms with van der Waals surface area (Å²) in [5, 5.41) is 5.89. The van der Waals surface area contributed by atoms with Crippen molar-refractivity contribution in [3.8, 4) is 11.5 Å². The smallest absolute Gasteiger partial charge is 0.319 e. The highest BCUT2D eigenvalue weighted by Crippen LogP contribution is 2.42. The van der Waals surface area contributed by atoms with E-state index in [2.05, 4.69) is 10.6 Å². The van der Waals surface area contributed by atoms with Gasteiger partial charge in [0.25, 0.3) is 0 Å². The third-order valence-electron chi connectivity index (χ3n) is 5.16. The lowest BCUT2D eigenvalue weighted by Gasteiger charge is -2.52. The molecule has 0 radical (unpaired) electrons. The zero-order chi connectivity index (χ0) is 18.3. The highest BCUT2D eigenvalue weighted by Gasteiger charge is 2.50. The third-order valence-corrected chi connectivity index (χ3v) is 5.16. The molecule has 0 spiro atoms. The van der Waals surface area contributed by atoms with Crippen LogP contribution < -0.4 is 20.1 Å². The molecule has 4 atom stereocenters. The summed E-state index contributed by atoms with van der Waals surface area (Å²) in [6, 6.07) is 4.78. The number of nitrogens with zero attached hydrogens (tertiary/aromatic N) is 2. The minimum Gasteiger partial charge on any atom is -0.497 e. The summed E-state index contributed by atoms with van der Waals surface area (Å²) in [4.78, 5) is 27.8. The second kappa shape index (κ2) is 6.34. The monoisotopic (exact) mass is 348 g/mol.